The minimum absolute atomic E-state index is 0.0507. The highest BCUT2D eigenvalue weighted by Crippen LogP contribution is 2.25. The first-order valence-electron chi connectivity index (χ1n) is 8.33. The highest BCUT2D eigenvalue weighted by atomic mass is 19.1. The van der Waals surface area contributed by atoms with E-state index in [1.165, 1.54) is 44.2 Å². The number of halogens is 1. The van der Waals surface area contributed by atoms with Crippen molar-refractivity contribution in [1.29, 1.82) is 0 Å². The van der Waals surface area contributed by atoms with Crippen molar-refractivity contribution in [3.8, 4) is 0 Å². The minimum atomic E-state index is -0.233. The second-order valence-corrected chi connectivity index (χ2v) is 6.44. The van der Waals surface area contributed by atoms with Gasteiger partial charge in [-0.2, -0.15) is 0 Å². The Morgan fingerprint density at radius 1 is 1.32 bits per heavy atom. The van der Waals surface area contributed by atoms with Crippen LogP contribution in [0, 0.1) is 11.7 Å². The Morgan fingerprint density at radius 2 is 2.09 bits per heavy atom. The molecule has 1 aliphatic carbocycles. The maximum Gasteiger partial charge on any atom is 0.234 e. The normalized spacial score (nSPS) is 16.0. The first kappa shape index (κ1) is 16.9. The topological polar surface area (TPSA) is 32.3 Å². The quantitative estimate of drug-likeness (QED) is 0.838. The van der Waals surface area contributed by atoms with E-state index in [1.54, 1.807) is 6.07 Å². The lowest BCUT2D eigenvalue weighted by Crippen LogP contribution is -2.35. The van der Waals surface area contributed by atoms with Crippen LogP contribution in [0.1, 0.15) is 44.1 Å². The standard InChI is InChI=1S/C18H27FN2O/c1-21(13-16-8-5-9-17(19)12-16)14-18(22)20-11-10-15-6-3-2-4-7-15/h5,8-9,12,15H,2-4,6-7,10-11,13-14H2,1H3,(H,20,22). The van der Waals surface area contributed by atoms with Crippen molar-refractivity contribution >= 4 is 5.91 Å². The zero-order valence-electron chi connectivity index (χ0n) is 13.5. The molecular formula is C18H27FN2O. The van der Waals surface area contributed by atoms with Crippen LogP contribution in [0.3, 0.4) is 0 Å². The number of likely N-dealkylation sites (N-methyl/N-ethyl adjacent to an activating group) is 1. The molecule has 1 aromatic rings. The molecule has 0 atom stereocenters. The molecule has 3 nitrogen and oxygen atoms in total. The SMILES string of the molecule is CN(CC(=O)NCCC1CCCCC1)Cc1cccc(F)c1. The second kappa shape index (κ2) is 8.89. The van der Waals surface area contributed by atoms with Crippen LogP contribution in [0.25, 0.3) is 0 Å². The summed E-state index contributed by atoms with van der Waals surface area (Å²) in [5.74, 6) is 0.608. The van der Waals surface area contributed by atoms with E-state index in [1.807, 2.05) is 18.0 Å². The molecule has 0 bridgehead atoms. The second-order valence-electron chi connectivity index (χ2n) is 6.44. The van der Waals surface area contributed by atoms with Crippen LogP contribution in [0.5, 0.6) is 0 Å². The van der Waals surface area contributed by atoms with Gasteiger partial charge in [0.1, 0.15) is 5.82 Å². The van der Waals surface area contributed by atoms with Crippen LogP contribution < -0.4 is 5.32 Å². The molecule has 1 amide bonds. The molecule has 122 valence electrons. The fraction of sp³-hybridized carbons (Fsp3) is 0.611. The summed E-state index contributed by atoms with van der Waals surface area (Å²) in [5.41, 5.74) is 0.887. The Bertz CT molecular complexity index is 472. The van der Waals surface area contributed by atoms with Crippen molar-refractivity contribution in [1.82, 2.24) is 10.2 Å². The number of hydrogen-bond acceptors (Lipinski definition) is 2. The Labute approximate surface area is 132 Å². The van der Waals surface area contributed by atoms with Crippen molar-refractivity contribution in [2.24, 2.45) is 5.92 Å². The number of amides is 1. The molecule has 1 N–H and O–H groups in total. The molecule has 0 heterocycles. The maximum atomic E-state index is 13.1. The fourth-order valence-electron chi connectivity index (χ4n) is 3.20. The first-order chi connectivity index (χ1) is 10.6. The van der Waals surface area contributed by atoms with Gasteiger partial charge in [0, 0.05) is 13.1 Å². The molecule has 22 heavy (non-hydrogen) atoms. The fourth-order valence-corrected chi connectivity index (χ4v) is 3.20. The number of carbonyl (C=O) groups is 1. The molecule has 0 radical (unpaired) electrons. The van der Waals surface area contributed by atoms with E-state index in [4.69, 9.17) is 0 Å². The van der Waals surface area contributed by atoms with E-state index >= 15 is 0 Å². The average Bonchev–Trinajstić information content (AvgIpc) is 2.48. The number of benzene rings is 1. The van der Waals surface area contributed by atoms with Gasteiger partial charge in [-0.3, -0.25) is 9.69 Å². The van der Waals surface area contributed by atoms with Crippen LogP contribution >= 0.6 is 0 Å². The van der Waals surface area contributed by atoms with Crippen molar-refractivity contribution < 1.29 is 9.18 Å². The monoisotopic (exact) mass is 306 g/mol. The van der Waals surface area contributed by atoms with Gasteiger partial charge in [0.05, 0.1) is 6.54 Å². The van der Waals surface area contributed by atoms with Crippen LogP contribution in [0.4, 0.5) is 4.39 Å². The summed E-state index contributed by atoms with van der Waals surface area (Å²) in [6.45, 7) is 1.70. The third kappa shape index (κ3) is 6.14. The molecule has 0 aromatic heterocycles. The van der Waals surface area contributed by atoms with Gasteiger partial charge < -0.3 is 5.32 Å². The van der Waals surface area contributed by atoms with E-state index in [2.05, 4.69) is 5.32 Å². The van der Waals surface area contributed by atoms with E-state index in [9.17, 15) is 9.18 Å². The van der Waals surface area contributed by atoms with E-state index < -0.39 is 0 Å². The first-order valence-corrected chi connectivity index (χ1v) is 8.33. The highest BCUT2D eigenvalue weighted by molar-refractivity contribution is 5.77. The summed E-state index contributed by atoms with van der Waals surface area (Å²) in [5, 5.41) is 3.00. The van der Waals surface area contributed by atoms with Crippen LogP contribution in [-0.4, -0.2) is 30.9 Å². The molecule has 4 heteroatoms. The molecule has 2 rings (SSSR count). The van der Waals surface area contributed by atoms with E-state index in [0.717, 1.165) is 24.4 Å². The van der Waals surface area contributed by atoms with Crippen molar-refractivity contribution in [3.63, 3.8) is 0 Å². The molecule has 0 unspecified atom stereocenters. The van der Waals surface area contributed by atoms with Gasteiger partial charge in [-0.1, -0.05) is 44.2 Å². The molecule has 1 aliphatic rings. The zero-order chi connectivity index (χ0) is 15.8. The third-order valence-electron chi connectivity index (χ3n) is 4.35. The van der Waals surface area contributed by atoms with Gasteiger partial charge in [0.15, 0.2) is 0 Å². The highest BCUT2D eigenvalue weighted by Gasteiger charge is 2.13. The molecule has 0 saturated heterocycles. The van der Waals surface area contributed by atoms with Crippen molar-refractivity contribution in [2.45, 2.75) is 45.1 Å². The molecule has 0 aliphatic heterocycles. The van der Waals surface area contributed by atoms with Crippen molar-refractivity contribution in [2.75, 3.05) is 20.1 Å². The number of nitrogens with zero attached hydrogens (tertiary/aromatic N) is 1. The Morgan fingerprint density at radius 3 is 2.82 bits per heavy atom. The van der Waals surface area contributed by atoms with Gasteiger partial charge in [-0.05, 0) is 37.1 Å². The lowest BCUT2D eigenvalue weighted by atomic mass is 9.87. The van der Waals surface area contributed by atoms with Crippen LogP contribution in [0.15, 0.2) is 24.3 Å². The van der Waals surface area contributed by atoms with E-state index in [0.29, 0.717) is 13.1 Å². The lowest BCUT2D eigenvalue weighted by molar-refractivity contribution is -0.122. The molecule has 1 saturated carbocycles. The third-order valence-corrected chi connectivity index (χ3v) is 4.35. The predicted octanol–water partition coefficient (Wildman–Crippen LogP) is 3.34. The number of rotatable bonds is 7. The summed E-state index contributed by atoms with van der Waals surface area (Å²) in [6, 6.07) is 6.52. The summed E-state index contributed by atoms with van der Waals surface area (Å²) >= 11 is 0. The minimum Gasteiger partial charge on any atom is -0.355 e. The zero-order valence-corrected chi connectivity index (χ0v) is 13.5. The number of carbonyl (C=O) groups excluding carboxylic acids is 1. The van der Waals surface area contributed by atoms with Gasteiger partial charge in [-0.25, -0.2) is 4.39 Å². The van der Waals surface area contributed by atoms with Crippen LogP contribution in [0.2, 0.25) is 0 Å². The molecule has 1 fully saturated rings. The van der Waals surface area contributed by atoms with Gasteiger partial charge in [0.2, 0.25) is 5.91 Å². The van der Waals surface area contributed by atoms with Gasteiger partial charge in [-0.15, -0.1) is 0 Å². The molecular weight excluding hydrogens is 279 g/mol. The number of hydrogen-bond donors (Lipinski definition) is 1. The summed E-state index contributed by atoms with van der Waals surface area (Å²) in [4.78, 5) is 13.8. The summed E-state index contributed by atoms with van der Waals surface area (Å²) in [6.07, 6.45) is 7.78. The number of nitrogens with one attached hydrogen (secondary N) is 1. The maximum absolute atomic E-state index is 13.1. The van der Waals surface area contributed by atoms with Crippen molar-refractivity contribution in [3.05, 3.63) is 35.6 Å². The molecule has 0 spiro atoms. The van der Waals surface area contributed by atoms with E-state index in [-0.39, 0.29) is 11.7 Å². The summed E-state index contributed by atoms with van der Waals surface area (Å²) < 4.78 is 13.1. The Balaban J connectivity index is 1.63. The average molecular weight is 306 g/mol. The Kier molecular flexibility index (Phi) is 6.84. The van der Waals surface area contributed by atoms with Gasteiger partial charge in [0.25, 0.3) is 0 Å². The van der Waals surface area contributed by atoms with Gasteiger partial charge >= 0.3 is 0 Å². The Hall–Kier alpha value is -1.42. The largest absolute Gasteiger partial charge is 0.355 e. The lowest BCUT2D eigenvalue weighted by Gasteiger charge is -2.22. The summed E-state index contributed by atoms with van der Waals surface area (Å²) in [7, 11) is 1.88. The predicted molar refractivity (Wildman–Crippen MR) is 86.9 cm³/mol. The smallest absolute Gasteiger partial charge is 0.234 e. The van der Waals surface area contributed by atoms with Crippen LogP contribution in [-0.2, 0) is 11.3 Å². The molecule has 1 aromatic carbocycles.